The van der Waals surface area contributed by atoms with E-state index in [1.54, 1.807) is 0 Å². The van der Waals surface area contributed by atoms with Crippen LogP contribution in [0, 0.1) is 0 Å². The minimum atomic E-state index is -1.03. The van der Waals surface area contributed by atoms with E-state index < -0.39 is 14.5 Å². The molecule has 0 saturated heterocycles. The molecule has 30 heavy (non-hydrogen) atoms. The van der Waals surface area contributed by atoms with E-state index in [-0.39, 0.29) is 11.8 Å². The van der Waals surface area contributed by atoms with Gasteiger partial charge in [0.15, 0.2) is 0 Å². The fourth-order valence-corrected chi connectivity index (χ4v) is 8.22. The molecule has 2 amide bonds. The van der Waals surface area contributed by atoms with Gasteiger partial charge in [-0.1, -0.05) is 37.4 Å². The molecule has 0 atom stereocenters. The Balaban J connectivity index is 2.45. The molecule has 0 heterocycles. The van der Waals surface area contributed by atoms with Crippen LogP contribution in [0.2, 0.25) is 0 Å². The van der Waals surface area contributed by atoms with Crippen LogP contribution in [0.15, 0.2) is 49.6 Å². The standard InChI is InChI=1S/C24H38N2O2P2/c1-7-23(27)25-15-9-17-29(3,4)19-21-11-13-22(14-12-21)20-30(5,6)18-10-16-26-24(28)8-2/h7-8,11-14H,1-2,9-10,15-20H2,3-6H3/p+2. The van der Waals surface area contributed by atoms with Crippen LogP contribution >= 0.6 is 14.5 Å². The van der Waals surface area contributed by atoms with Gasteiger partial charge in [-0.3, -0.25) is 9.59 Å². The minimum absolute atomic E-state index is 0.0889. The zero-order valence-corrected chi connectivity index (χ0v) is 21.0. The van der Waals surface area contributed by atoms with E-state index in [9.17, 15) is 9.59 Å². The number of amides is 2. The lowest BCUT2D eigenvalue weighted by molar-refractivity contribution is -0.117. The minimum Gasteiger partial charge on any atom is -0.352 e. The Labute approximate surface area is 184 Å². The maximum Gasteiger partial charge on any atom is 0.243 e. The number of nitrogens with one attached hydrogen (secondary N) is 2. The van der Waals surface area contributed by atoms with Crippen molar-refractivity contribution in [3.8, 4) is 0 Å². The summed E-state index contributed by atoms with van der Waals surface area (Å²) in [7, 11) is -2.06. The van der Waals surface area contributed by atoms with E-state index in [0.717, 1.165) is 38.3 Å². The molecule has 0 bridgehead atoms. The van der Waals surface area contributed by atoms with E-state index in [1.165, 1.54) is 35.6 Å². The highest BCUT2D eigenvalue weighted by molar-refractivity contribution is 7.74. The number of hydrogen-bond donors (Lipinski definition) is 2. The molecule has 0 aliphatic carbocycles. The molecular formula is C24H40N2O2P2+2. The maximum atomic E-state index is 11.2. The summed E-state index contributed by atoms with van der Waals surface area (Å²) in [5, 5.41) is 5.73. The predicted molar refractivity (Wildman–Crippen MR) is 137 cm³/mol. The smallest absolute Gasteiger partial charge is 0.243 e. The first-order valence-electron chi connectivity index (χ1n) is 10.6. The normalized spacial score (nSPS) is 11.6. The van der Waals surface area contributed by atoms with Crippen molar-refractivity contribution < 1.29 is 9.59 Å². The van der Waals surface area contributed by atoms with Gasteiger partial charge in [0.05, 0.1) is 24.6 Å². The van der Waals surface area contributed by atoms with Gasteiger partial charge in [-0.2, -0.15) is 0 Å². The van der Waals surface area contributed by atoms with Gasteiger partial charge >= 0.3 is 0 Å². The second kappa shape index (κ2) is 13.0. The highest BCUT2D eigenvalue weighted by Crippen LogP contribution is 2.56. The second-order valence-corrected chi connectivity index (χ2v) is 18.4. The molecule has 1 aromatic carbocycles. The summed E-state index contributed by atoms with van der Waals surface area (Å²) in [5.41, 5.74) is 2.82. The van der Waals surface area contributed by atoms with E-state index in [4.69, 9.17) is 0 Å². The third-order valence-electron chi connectivity index (χ3n) is 5.09. The number of benzene rings is 1. The molecule has 4 nitrogen and oxygen atoms in total. The molecule has 1 rings (SSSR count). The molecule has 166 valence electrons. The summed E-state index contributed by atoms with van der Waals surface area (Å²) in [6.07, 6.45) is 9.32. The van der Waals surface area contributed by atoms with Gasteiger partial charge in [0, 0.05) is 54.3 Å². The summed E-state index contributed by atoms with van der Waals surface area (Å²) >= 11 is 0. The van der Waals surface area contributed by atoms with Crippen molar-refractivity contribution in [2.45, 2.75) is 25.2 Å². The molecule has 2 N–H and O–H groups in total. The Morgan fingerprint density at radius 1 is 0.767 bits per heavy atom. The van der Waals surface area contributed by atoms with Gasteiger partial charge in [-0.15, -0.1) is 0 Å². The van der Waals surface area contributed by atoms with Gasteiger partial charge < -0.3 is 10.6 Å². The van der Waals surface area contributed by atoms with Crippen LogP contribution in [0.3, 0.4) is 0 Å². The predicted octanol–water partition coefficient (Wildman–Crippen LogP) is 4.63. The lowest BCUT2D eigenvalue weighted by Gasteiger charge is -2.20. The van der Waals surface area contributed by atoms with Crippen molar-refractivity contribution in [3.63, 3.8) is 0 Å². The van der Waals surface area contributed by atoms with Crippen LogP contribution in [-0.2, 0) is 21.9 Å². The molecule has 0 saturated carbocycles. The van der Waals surface area contributed by atoms with Crippen molar-refractivity contribution in [1.82, 2.24) is 10.6 Å². The average molecular weight is 451 g/mol. The topological polar surface area (TPSA) is 58.2 Å². The molecule has 0 spiro atoms. The second-order valence-electron chi connectivity index (χ2n) is 9.15. The van der Waals surface area contributed by atoms with E-state index in [0.29, 0.717) is 0 Å². The monoisotopic (exact) mass is 450 g/mol. The highest BCUT2D eigenvalue weighted by Gasteiger charge is 2.27. The SMILES string of the molecule is C=CC(=O)NCCC[P+](C)(C)Cc1ccc(C[P+](C)(C)CCCNC(=O)C=C)cc1. The van der Waals surface area contributed by atoms with E-state index >= 15 is 0 Å². The molecular weight excluding hydrogens is 410 g/mol. The number of carbonyl (C=O) groups excluding carboxylic acids is 2. The summed E-state index contributed by atoms with van der Waals surface area (Å²) in [5.74, 6) is -0.178. The van der Waals surface area contributed by atoms with Gasteiger partial charge in [0.2, 0.25) is 11.8 Å². The Morgan fingerprint density at radius 3 is 1.40 bits per heavy atom. The lowest BCUT2D eigenvalue weighted by atomic mass is 10.2. The Kier molecular flexibility index (Phi) is 11.5. The third kappa shape index (κ3) is 11.6. The summed E-state index contributed by atoms with van der Waals surface area (Å²) in [6.45, 7) is 18.0. The van der Waals surface area contributed by atoms with Gasteiger partial charge in [0.1, 0.15) is 0 Å². The molecule has 0 radical (unpaired) electrons. The largest absolute Gasteiger partial charge is 0.352 e. The fourth-order valence-electron chi connectivity index (χ4n) is 3.48. The van der Waals surface area contributed by atoms with Crippen LogP contribution in [0.4, 0.5) is 0 Å². The van der Waals surface area contributed by atoms with E-state index in [2.05, 4.69) is 74.7 Å². The van der Waals surface area contributed by atoms with Crippen LogP contribution in [0.1, 0.15) is 24.0 Å². The Hall–Kier alpha value is -1.50. The van der Waals surface area contributed by atoms with Crippen LogP contribution < -0.4 is 10.6 Å². The molecule has 0 fully saturated rings. The van der Waals surface area contributed by atoms with Crippen LogP contribution in [0.5, 0.6) is 0 Å². The van der Waals surface area contributed by atoms with Crippen LogP contribution in [-0.4, -0.2) is 63.9 Å². The first-order valence-corrected chi connectivity index (χ1v) is 16.7. The van der Waals surface area contributed by atoms with Crippen molar-refractivity contribution in [3.05, 3.63) is 60.7 Å². The zero-order valence-electron chi connectivity index (χ0n) is 19.2. The van der Waals surface area contributed by atoms with Gasteiger partial charge in [-0.05, 0) is 36.1 Å². The first-order chi connectivity index (χ1) is 14.1. The summed E-state index contributed by atoms with van der Waals surface area (Å²) < 4.78 is 0. The van der Waals surface area contributed by atoms with Crippen molar-refractivity contribution in [2.24, 2.45) is 0 Å². The molecule has 0 aliphatic rings. The number of rotatable bonds is 14. The van der Waals surface area contributed by atoms with E-state index in [1.807, 2.05) is 0 Å². The average Bonchev–Trinajstić information content (AvgIpc) is 2.69. The quantitative estimate of drug-likeness (QED) is 0.247. The van der Waals surface area contributed by atoms with Crippen molar-refractivity contribution in [1.29, 1.82) is 0 Å². The van der Waals surface area contributed by atoms with Gasteiger partial charge in [-0.25, -0.2) is 0 Å². The number of hydrogen-bond acceptors (Lipinski definition) is 2. The lowest BCUT2D eigenvalue weighted by Crippen LogP contribution is -2.22. The van der Waals surface area contributed by atoms with Crippen molar-refractivity contribution in [2.75, 3.05) is 52.1 Å². The van der Waals surface area contributed by atoms with Crippen LogP contribution in [0.25, 0.3) is 0 Å². The maximum absolute atomic E-state index is 11.2. The molecule has 0 aromatic heterocycles. The van der Waals surface area contributed by atoms with Crippen molar-refractivity contribution >= 4 is 26.3 Å². The number of carbonyl (C=O) groups is 2. The zero-order chi connectivity index (χ0) is 22.6. The summed E-state index contributed by atoms with van der Waals surface area (Å²) in [4.78, 5) is 22.5. The van der Waals surface area contributed by atoms with Gasteiger partial charge in [0.25, 0.3) is 0 Å². The highest BCUT2D eigenvalue weighted by atomic mass is 31.2. The fraction of sp³-hybridized carbons (Fsp3) is 0.500. The molecule has 0 aliphatic heterocycles. The Morgan fingerprint density at radius 2 is 1.10 bits per heavy atom. The molecule has 0 unspecified atom stereocenters. The third-order valence-corrected chi connectivity index (χ3v) is 10.6. The molecule has 6 heteroatoms. The summed E-state index contributed by atoms with van der Waals surface area (Å²) in [6, 6.07) is 9.17. The first kappa shape index (κ1) is 26.5. The Bertz CT molecular complexity index is 651. The molecule has 1 aromatic rings.